The quantitative estimate of drug-likeness (QED) is 0.857. The number of benzene rings is 1. The number of likely N-dealkylation sites (tertiary alicyclic amines) is 1. The summed E-state index contributed by atoms with van der Waals surface area (Å²) in [5, 5.41) is 3.44. The number of rotatable bonds is 6. The number of carbonyl (C=O) groups excluding carboxylic acids is 1. The molecule has 2 heterocycles. The average Bonchev–Trinajstić information content (AvgIpc) is 3.01. The predicted octanol–water partition coefficient (Wildman–Crippen LogP) is 3.56. The van der Waals surface area contributed by atoms with E-state index in [1.807, 2.05) is 12.3 Å². The summed E-state index contributed by atoms with van der Waals surface area (Å²) >= 11 is 1.56. The van der Waals surface area contributed by atoms with E-state index >= 15 is 0 Å². The Balaban J connectivity index is 1.55. The number of nitrogens with zero attached hydrogens (tertiary/aromatic N) is 2. The van der Waals surface area contributed by atoms with Gasteiger partial charge in [0.2, 0.25) is 5.91 Å². The summed E-state index contributed by atoms with van der Waals surface area (Å²) in [5.74, 6) is 1.53. The predicted molar refractivity (Wildman–Crippen MR) is 101 cm³/mol. The summed E-state index contributed by atoms with van der Waals surface area (Å²) in [7, 11) is 1.71. The van der Waals surface area contributed by atoms with Crippen molar-refractivity contribution in [3.05, 3.63) is 40.9 Å². The zero-order valence-electron chi connectivity index (χ0n) is 14.8. The molecule has 0 radical (unpaired) electrons. The van der Waals surface area contributed by atoms with Gasteiger partial charge in [-0.3, -0.25) is 9.69 Å². The van der Waals surface area contributed by atoms with Crippen LogP contribution in [0.1, 0.15) is 30.2 Å². The molecule has 134 valence electrons. The van der Waals surface area contributed by atoms with E-state index in [4.69, 9.17) is 4.74 Å². The number of aromatic nitrogens is 1. The molecule has 25 heavy (non-hydrogen) atoms. The molecule has 1 aliphatic rings. The lowest BCUT2D eigenvalue weighted by Crippen LogP contribution is -2.35. The first-order chi connectivity index (χ1) is 12.1. The minimum Gasteiger partial charge on any atom is -0.497 e. The van der Waals surface area contributed by atoms with Crippen LogP contribution in [-0.2, 0) is 17.8 Å². The molecule has 1 atom stereocenters. The van der Waals surface area contributed by atoms with Crippen LogP contribution in [0, 0.1) is 5.92 Å². The largest absolute Gasteiger partial charge is 0.497 e. The van der Waals surface area contributed by atoms with Crippen LogP contribution in [0.25, 0.3) is 0 Å². The van der Waals surface area contributed by atoms with Crippen molar-refractivity contribution >= 4 is 22.4 Å². The van der Waals surface area contributed by atoms with Gasteiger partial charge in [0.15, 0.2) is 5.13 Å². The molecule has 1 N–H and O–H groups in total. The Morgan fingerprint density at radius 1 is 1.48 bits per heavy atom. The van der Waals surface area contributed by atoms with Gasteiger partial charge in [-0.1, -0.05) is 12.1 Å². The van der Waals surface area contributed by atoms with E-state index in [1.165, 1.54) is 30.2 Å². The maximum Gasteiger partial charge on any atom is 0.223 e. The number of methoxy groups -OCH3 is 1. The zero-order valence-corrected chi connectivity index (χ0v) is 15.6. The molecule has 0 spiro atoms. The van der Waals surface area contributed by atoms with Gasteiger partial charge in [-0.05, 0) is 49.4 Å². The van der Waals surface area contributed by atoms with Crippen LogP contribution in [0.15, 0.2) is 30.5 Å². The molecule has 0 bridgehead atoms. The maximum atomic E-state index is 11.1. The van der Waals surface area contributed by atoms with Crippen LogP contribution in [-0.4, -0.2) is 36.0 Å². The minimum atomic E-state index is -0.0720. The minimum absolute atomic E-state index is 0.0720. The molecular formula is C19H25N3O2S. The highest BCUT2D eigenvalue weighted by molar-refractivity contribution is 7.15. The number of carbonyl (C=O) groups is 1. The molecule has 0 unspecified atom stereocenters. The summed E-state index contributed by atoms with van der Waals surface area (Å²) in [5.41, 5.74) is 1.34. The van der Waals surface area contributed by atoms with Gasteiger partial charge in [-0.25, -0.2) is 4.98 Å². The van der Waals surface area contributed by atoms with Crippen molar-refractivity contribution in [3.63, 3.8) is 0 Å². The average molecular weight is 359 g/mol. The number of hydrogen-bond donors (Lipinski definition) is 1. The van der Waals surface area contributed by atoms with Gasteiger partial charge in [0.25, 0.3) is 0 Å². The number of thiazole rings is 1. The van der Waals surface area contributed by atoms with E-state index in [2.05, 4.69) is 33.4 Å². The third kappa shape index (κ3) is 5.28. The van der Waals surface area contributed by atoms with Crippen LogP contribution in [0.2, 0.25) is 0 Å². The summed E-state index contributed by atoms with van der Waals surface area (Å²) in [6.45, 7) is 4.65. The Kier molecular flexibility index (Phi) is 6.04. The first-order valence-electron chi connectivity index (χ1n) is 8.70. The second-order valence-corrected chi connectivity index (χ2v) is 7.73. The van der Waals surface area contributed by atoms with E-state index in [0.29, 0.717) is 11.0 Å². The molecule has 6 heteroatoms. The van der Waals surface area contributed by atoms with Crippen LogP contribution in [0.3, 0.4) is 0 Å². The third-order valence-electron chi connectivity index (χ3n) is 4.48. The molecule has 1 fully saturated rings. The van der Waals surface area contributed by atoms with E-state index < -0.39 is 0 Å². The topological polar surface area (TPSA) is 54.5 Å². The SMILES string of the molecule is COc1cccc(C[C@@H]2CCCN(Cc3cnc(NC(C)=O)s3)C2)c1. The van der Waals surface area contributed by atoms with E-state index in [-0.39, 0.29) is 5.91 Å². The summed E-state index contributed by atoms with van der Waals surface area (Å²) in [6.07, 6.45) is 5.47. The van der Waals surface area contributed by atoms with E-state index in [1.54, 1.807) is 18.4 Å². The molecule has 1 aromatic heterocycles. The molecular weight excluding hydrogens is 334 g/mol. The van der Waals surface area contributed by atoms with Crippen LogP contribution in [0.4, 0.5) is 5.13 Å². The van der Waals surface area contributed by atoms with Crippen molar-refractivity contribution in [2.24, 2.45) is 5.92 Å². The number of amides is 1. The van der Waals surface area contributed by atoms with Crippen LogP contribution >= 0.6 is 11.3 Å². The molecule has 1 aromatic carbocycles. The number of piperidine rings is 1. The number of anilines is 1. The molecule has 0 saturated carbocycles. The van der Waals surface area contributed by atoms with E-state index in [9.17, 15) is 4.79 Å². The molecule has 0 aliphatic carbocycles. The highest BCUT2D eigenvalue weighted by atomic mass is 32.1. The fourth-order valence-electron chi connectivity index (χ4n) is 3.40. The fraction of sp³-hybridized carbons (Fsp3) is 0.474. The lowest BCUT2D eigenvalue weighted by atomic mass is 9.91. The van der Waals surface area contributed by atoms with E-state index in [0.717, 1.165) is 31.8 Å². The smallest absolute Gasteiger partial charge is 0.223 e. The van der Waals surface area contributed by atoms with Crippen molar-refractivity contribution in [1.29, 1.82) is 0 Å². The Hall–Kier alpha value is -1.92. The highest BCUT2D eigenvalue weighted by Gasteiger charge is 2.21. The van der Waals surface area contributed by atoms with Crippen molar-refractivity contribution in [2.75, 3.05) is 25.5 Å². The third-order valence-corrected chi connectivity index (χ3v) is 5.38. The number of nitrogens with one attached hydrogen (secondary N) is 1. The van der Waals surface area contributed by atoms with Gasteiger partial charge in [0.05, 0.1) is 7.11 Å². The summed E-state index contributed by atoms with van der Waals surface area (Å²) < 4.78 is 5.33. The summed E-state index contributed by atoms with van der Waals surface area (Å²) in [4.78, 5) is 19.1. The van der Waals surface area contributed by atoms with Crippen molar-refractivity contribution < 1.29 is 9.53 Å². The van der Waals surface area contributed by atoms with Gasteiger partial charge in [0, 0.05) is 31.1 Å². The molecule has 2 aromatic rings. The molecule has 1 saturated heterocycles. The highest BCUT2D eigenvalue weighted by Crippen LogP contribution is 2.26. The first-order valence-corrected chi connectivity index (χ1v) is 9.51. The second-order valence-electron chi connectivity index (χ2n) is 6.61. The lowest BCUT2D eigenvalue weighted by Gasteiger charge is -2.32. The van der Waals surface area contributed by atoms with Crippen LogP contribution in [0.5, 0.6) is 5.75 Å². The van der Waals surface area contributed by atoms with Crippen molar-refractivity contribution in [3.8, 4) is 5.75 Å². The standard InChI is InChI=1S/C19H25N3O2S/c1-14(23)21-19-20-11-18(25-19)13-22-8-4-6-16(12-22)9-15-5-3-7-17(10-15)24-2/h3,5,7,10-11,16H,4,6,8-9,12-13H2,1-2H3,(H,20,21,23)/t16-/m0/s1. The van der Waals surface area contributed by atoms with Crippen LogP contribution < -0.4 is 10.1 Å². The molecule has 1 amide bonds. The summed E-state index contributed by atoms with van der Waals surface area (Å²) in [6, 6.07) is 8.38. The lowest BCUT2D eigenvalue weighted by molar-refractivity contribution is -0.114. The molecule has 5 nitrogen and oxygen atoms in total. The second kappa shape index (κ2) is 8.45. The number of ether oxygens (including phenoxy) is 1. The van der Waals surface area contributed by atoms with Gasteiger partial charge in [-0.15, -0.1) is 11.3 Å². The Labute approximate surface area is 153 Å². The molecule has 1 aliphatic heterocycles. The van der Waals surface area contributed by atoms with Gasteiger partial charge in [-0.2, -0.15) is 0 Å². The monoisotopic (exact) mass is 359 g/mol. The van der Waals surface area contributed by atoms with Gasteiger partial charge < -0.3 is 10.1 Å². The maximum absolute atomic E-state index is 11.1. The number of hydrogen-bond acceptors (Lipinski definition) is 5. The van der Waals surface area contributed by atoms with Gasteiger partial charge >= 0.3 is 0 Å². The van der Waals surface area contributed by atoms with Gasteiger partial charge in [0.1, 0.15) is 5.75 Å². The van der Waals surface area contributed by atoms with Crippen molar-refractivity contribution in [2.45, 2.75) is 32.7 Å². The Morgan fingerprint density at radius 2 is 2.36 bits per heavy atom. The first kappa shape index (κ1) is 17.9. The normalized spacial score (nSPS) is 18.1. The Morgan fingerprint density at radius 3 is 3.16 bits per heavy atom. The zero-order chi connectivity index (χ0) is 17.6. The molecule has 3 rings (SSSR count). The Bertz CT molecular complexity index is 716. The van der Waals surface area contributed by atoms with Crippen molar-refractivity contribution in [1.82, 2.24) is 9.88 Å². The fourth-order valence-corrected chi connectivity index (χ4v) is 4.30.